The minimum Gasteiger partial charge on any atom is -0.378 e. The van der Waals surface area contributed by atoms with Gasteiger partial charge in [0.25, 0.3) is 0 Å². The fraction of sp³-hybridized carbons (Fsp3) is 0.900. The highest BCUT2D eigenvalue weighted by Crippen LogP contribution is 2.43. The molecular weight excluding hydrogens is 314 g/mol. The Hall–Kier alpha value is -1.12. The van der Waals surface area contributed by atoms with E-state index in [4.69, 9.17) is 4.74 Å². The van der Waals surface area contributed by atoms with E-state index in [1.54, 1.807) is 0 Å². The first kappa shape index (κ1) is 20.2. The third-order valence-corrected chi connectivity index (χ3v) is 6.12. The third kappa shape index (κ3) is 4.74. The quantitative estimate of drug-likeness (QED) is 0.660. The van der Waals surface area contributed by atoms with Crippen LogP contribution in [0.5, 0.6) is 0 Å². The Balaban J connectivity index is 1.82. The zero-order chi connectivity index (χ0) is 18.5. The topological polar surface area (TPSA) is 74.2 Å². The van der Waals surface area contributed by atoms with Crippen molar-refractivity contribution in [3.63, 3.8) is 0 Å². The molecule has 2 aliphatic rings. The SMILES string of the molecule is CCCCO[C@@H]1C[C@@H](N[C@@H](C)C(=O)NC2(C#N)CCCCC2)C1(C)C. The molecule has 0 saturated heterocycles. The monoisotopic (exact) mass is 349 g/mol. The Labute approximate surface area is 152 Å². The van der Waals surface area contributed by atoms with Gasteiger partial charge in [-0.15, -0.1) is 0 Å². The van der Waals surface area contributed by atoms with Crippen LogP contribution in [0.3, 0.4) is 0 Å². The standard InChI is InChI=1S/C20H35N3O2/c1-5-6-12-25-17-13-16(19(17,3)4)22-15(2)18(24)23-20(14-21)10-8-7-9-11-20/h15-17,22H,5-13H2,1-4H3,(H,23,24)/t15-,16+,17+/m0/s1. The summed E-state index contributed by atoms with van der Waals surface area (Å²) in [5.41, 5.74) is -0.633. The zero-order valence-electron chi connectivity index (χ0n) is 16.4. The van der Waals surface area contributed by atoms with Gasteiger partial charge < -0.3 is 15.4 Å². The van der Waals surface area contributed by atoms with Crippen LogP contribution in [-0.2, 0) is 9.53 Å². The van der Waals surface area contributed by atoms with Crippen molar-refractivity contribution in [2.75, 3.05) is 6.61 Å². The minimum absolute atomic E-state index is 0.0278. The maximum atomic E-state index is 12.6. The van der Waals surface area contributed by atoms with Crippen molar-refractivity contribution in [3.05, 3.63) is 0 Å². The number of hydrogen-bond donors (Lipinski definition) is 2. The van der Waals surface area contributed by atoms with Gasteiger partial charge in [0.1, 0.15) is 5.54 Å². The first-order valence-electron chi connectivity index (χ1n) is 9.95. The number of rotatable bonds is 8. The lowest BCUT2D eigenvalue weighted by atomic mass is 9.64. The average Bonchev–Trinajstić information content (AvgIpc) is 2.60. The number of nitrogens with one attached hydrogen (secondary N) is 2. The molecule has 2 N–H and O–H groups in total. The van der Waals surface area contributed by atoms with Gasteiger partial charge in [0.15, 0.2) is 0 Å². The van der Waals surface area contributed by atoms with Crippen molar-refractivity contribution in [1.29, 1.82) is 5.26 Å². The molecule has 1 amide bonds. The highest BCUT2D eigenvalue weighted by molar-refractivity contribution is 5.82. The molecule has 0 bridgehead atoms. The number of ether oxygens (including phenoxy) is 1. The minimum atomic E-state index is -0.661. The van der Waals surface area contributed by atoms with Crippen LogP contribution in [0.4, 0.5) is 0 Å². The van der Waals surface area contributed by atoms with Gasteiger partial charge in [-0.3, -0.25) is 4.79 Å². The van der Waals surface area contributed by atoms with E-state index in [0.717, 1.165) is 58.0 Å². The van der Waals surface area contributed by atoms with Crippen molar-refractivity contribution >= 4 is 5.91 Å². The largest absolute Gasteiger partial charge is 0.378 e. The predicted molar refractivity (Wildman–Crippen MR) is 99.0 cm³/mol. The van der Waals surface area contributed by atoms with Gasteiger partial charge in [0.2, 0.25) is 5.91 Å². The number of unbranched alkanes of at least 4 members (excludes halogenated alkanes) is 1. The van der Waals surface area contributed by atoms with Gasteiger partial charge in [0, 0.05) is 18.1 Å². The van der Waals surface area contributed by atoms with Crippen molar-refractivity contribution in [2.24, 2.45) is 5.41 Å². The summed E-state index contributed by atoms with van der Waals surface area (Å²) < 4.78 is 5.98. The Bertz CT molecular complexity index is 492. The van der Waals surface area contributed by atoms with E-state index in [2.05, 4.69) is 37.5 Å². The molecule has 0 aromatic carbocycles. The Morgan fingerprint density at radius 2 is 2.00 bits per heavy atom. The second-order valence-electron chi connectivity index (χ2n) is 8.45. The molecule has 2 fully saturated rings. The van der Waals surface area contributed by atoms with E-state index in [9.17, 15) is 10.1 Å². The van der Waals surface area contributed by atoms with Crippen molar-refractivity contribution in [2.45, 2.75) is 103 Å². The van der Waals surface area contributed by atoms with Crippen LogP contribution >= 0.6 is 0 Å². The number of carbonyl (C=O) groups excluding carboxylic acids is 1. The zero-order valence-corrected chi connectivity index (χ0v) is 16.4. The molecule has 0 spiro atoms. The van der Waals surface area contributed by atoms with E-state index in [1.165, 1.54) is 0 Å². The van der Waals surface area contributed by atoms with Crippen molar-refractivity contribution in [1.82, 2.24) is 10.6 Å². The lowest BCUT2D eigenvalue weighted by Gasteiger charge is -2.52. The number of nitrogens with zero attached hydrogens (tertiary/aromatic N) is 1. The summed E-state index contributed by atoms with van der Waals surface area (Å²) in [4.78, 5) is 12.6. The second-order valence-corrected chi connectivity index (χ2v) is 8.45. The van der Waals surface area contributed by atoms with Crippen LogP contribution in [0.25, 0.3) is 0 Å². The highest BCUT2D eigenvalue weighted by Gasteiger charge is 2.49. The fourth-order valence-corrected chi connectivity index (χ4v) is 3.96. The van der Waals surface area contributed by atoms with Crippen LogP contribution in [0.15, 0.2) is 0 Å². The van der Waals surface area contributed by atoms with Crippen LogP contribution in [0.2, 0.25) is 0 Å². The Morgan fingerprint density at radius 1 is 1.32 bits per heavy atom. The van der Waals surface area contributed by atoms with Crippen molar-refractivity contribution < 1.29 is 9.53 Å². The number of amides is 1. The molecule has 3 atom stereocenters. The Kier molecular flexibility index (Phi) is 6.87. The van der Waals surface area contributed by atoms with Gasteiger partial charge in [-0.25, -0.2) is 0 Å². The second kappa shape index (κ2) is 8.51. The van der Waals surface area contributed by atoms with E-state index >= 15 is 0 Å². The van der Waals surface area contributed by atoms with E-state index in [0.29, 0.717) is 0 Å². The summed E-state index contributed by atoms with van der Waals surface area (Å²) >= 11 is 0. The van der Waals surface area contributed by atoms with Gasteiger partial charge in [0.05, 0.1) is 18.2 Å². The first-order chi connectivity index (χ1) is 11.8. The molecule has 25 heavy (non-hydrogen) atoms. The molecule has 2 aliphatic carbocycles. The van der Waals surface area contributed by atoms with Crippen LogP contribution in [-0.4, -0.2) is 36.2 Å². The van der Waals surface area contributed by atoms with Crippen LogP contribution < -0.4 is 10.6 Å². The molecule has 0 aliphatic heterocycles. The fourth-order valence-electron chi connectivity index (χ4n) is 3.96. The molecule has 142 valence electrons. The molecule has 2 saturated carbocycles. The van der Waals surface area contributed by atoms with E-state index in [1.807, 2.05) is 6.92 Å². The summed E-state index contributed by atoms with van der Waals surface area (Å²) in [5, 5.41) is 16.0. The predicted octanol–water partition coefficient (Wildman–Crippen LogP) is 3.29. The molecule has 5 heteroatoms. The number of carbonyl (C=O) groups is 1. The van der Waals surface area contributed by atoms with Crippen molar-refractivity contribution in [3.8, 4) is 6.07 Å². The molecule has 0 radical (unpaired) electrons. The summed E-state index contributed by atoms with van der Waals surface area (Å²) in [5.74, 6) is -0.0606. The molecule has 0 aromatic heterocycles. The molecule has 5 nitrogen and oxygen atoms in total. The van der Waals surface area contributed by atoms with Gasteiger partial charge in [-0.1, -0.05) is 46.5 Å². The summed E-state index contributed by atoms with van der Waals surface area (Å²) in [6.45, 7) is 9.28. The maximum Gasteiger partial charge on any atom is 0.238 e. The average molecular weight is 350 g/mol. The van der Waals surface area contributed by atoms with Crippen LogP contribution in [0.1, 0.15) is 79.1 Å². The molecule has 0 aromatic rings. The van der Waals surface area contributed by atoms with Gasteiger partial charge >= 0.3 is 0 Å². The summed E-state index contributed by atoms with van der Waals surface area (Å²) in [7, 11) is 0. The first-order valence-corrected chi connectivity index (χ1v) is 9.95. The Morgan fingerprint density at radius 3 is 2.56 bits per heavy atom. The van der Waals surface area contributed by atoms with E-state index < -0.39 is 5.54 Å². The lowest BCUT2D eigenvalue weighted by Crippen LogP contribution is -2.65. The number of nitriles is 1. The normalized spacial score (nSPS) is 28.4. The lowest BCUT2D eigenvalue weighted by molar-refractivity contribution is -0.132. The van der Waals surface area contributed by atoms with E-state index in [-0.39, 0.29) is 29.5 Å². The summed E-state index contributed by atoms with van der Waals surface area (Å²) in [6.07, 6.45) is 8.17. The molecule has 2 rings (SSSR count). The van der Waals surface area contributed by atoms with Crippen LogP contribution in [0, 0.1) is 16.7 Å². The highest BCUT2D eigenvalue weighted by atomic mass is 16.5. The van der Waals surface area contributed by atoms with Gasteiger partial charge in [-0.2, -0.15) is 5.26 Å². The molecule has 0 heterocycles. The summed E-state index contributed by atoms with van der Waals surface area (Å²) in [6, 6.07) is 2.33. The third-order valence-electron chi connectivity index (χ3n) is 6.12. The maximum absolute atomic E-state index is 12.6. The smallest absolute Gasteiger partial charge is 0.238 e. The number of hydrogen-bond acceptors (Lipinski definition) is 4. The molecular formula is C20H35N3O2. The van der Waals surface area contributed by atoms with Gasteiger partial charge in [-0.05, 0) is 32.6 Å². The molecule has 0 unspecified atom stereocenters.